The van der Waals surface area contributed by atoms with Crippen molar-refractivity contribution in [1.82, 2.24) is 0 Å². The summed E-state index contributed by atoms with van der Waals surface area (Å²) in [7, 11) is 0. The van der Waals surface area contributed by atoms with E-state index in [0.29, 0.717) is 33.0 Å². The Balaban J connectivity index is 1.30. The number of carbonyl (C=O) groups excluding carboxylic acids is 1. The van der Waals surface area contributed by atoms with Gasteiger partial charge in [-0.05, 0) is 102 Å². The van der Waals surface area contributed by atoms with Crippen molar-refractivity contribution in [3.63, 3.8) is 0 Å². The summed E-state index contributed by atoms with van der Waals surface area (Å²) in [5, 5.41) is 0. The second kappa shape index (κ2) is 10.7. The average molecular weight is 489 g/mol. The standard InChI is InChI=1S/C30H32O6/c1-4-32-11-12-33-26-13-19(2)29-23(15-26)8-7-22-6-5-21(14-28(22)29)17-34-25-9-10-27-24(16-25)18-35-30(27)36-20(3)31/h5-6,9-10,13-16,30H,4,7-8,11-12,17-18H2,1-3H3/t30-/m0/s1. The molecular weight excluding hydrogens is 456 g/mol. The molecule has 3 aromatic rings. The number of carbonyl (C=O) groups is 1. The SMILES string of the molecule is CCOCCOc1cc(C)c2c(c1)CCc1ccc(COc3ccc4c(c3)CO[C@H]4OC(C)=O)cc1-2. The van der Waals surface area contributed by atoms with Crippen molar-refractivity contribution in [1.29, 1.82) is 0 Å². The molecule has 188 valence electrons. The van der Waals surface area contributed by atoms with Crippen LogP contribution >= 0.6 is 0 Å². The molecule has 1 atom stereocenters. The summed E-state index contributed by atoms with van der Waals surface area (Å²) < 4.78 is 28.3. The fourth-order valence-electron chi connectivity index (χ4n) is 4.98. The van der Waals surface area contributed by atoms with E-state index in [1.54, 1.807) is 0 Å². The topological polar surface area (TPSA) is 63.2 Å². The van der Waals surface area contributed by atoms with Crippen molar-refractivity contribution in [2.75, 3.05) is 19.8 Å². The van der Waals surface area contributed by atoms with Gasteiger partial charge in [0.15, 0.2) is 0 Å². The molecule has 1 aliphatic heterocycles. The van der Waals surface area contributed by atoms with E-state index in [2.05, 4.69) is 37.3 Å². The minimum Gasteiger partial charge on any atom is -0.491 e. The van der Waals surface area contributed by atoms with Gasteiger partial charge in [-0.1, -0.05) is 12.1 Å². The molecule has 36 heavy (non-hydrogen) atoms. The number of benzene rings is 3. The summed E-state index contributed by atoms with van der Waals surface area (Å²) in [5.74, 6) is 1.32. The van der Waals surface area contributed by atoms with E-state index in [-0.39, 0.29) is 5.97 Å². The molecule has 0 saturated carbocycles. The maximum Gasteiger partial charge on any atom is 0.305 e. The second-order valence-corrected chi connectivity index (χ2v) is 9.21. The number of rotatable bonds is 9. The van der Waals surface area contributed by atoms with Gasteiger partial charge in [0, 0.05) is 19.1 Å². The van der Waals surface area contributed by atoms with E-state index in [1.165, 1.54) is 34.7 Å². The molecule has 2 aliphatic rings. The van der Waals surface area contributed by atoms with E-state index < -0.39 is 6.29 Å². The molecule has 0 amide bonds. The monoisotopic (exact) mass is 488 g/mol. The van der Waals surface area contributed by atoms with Gasteiger partial charge < -0.3 is 23.7 Å². The van der Waals surface area contributed by atoms with Crippen molar-refractivity contribution in [3.05, 3.63) is 81.9 Å². The highest BCUT2D eigenvalue weighted by atomic mass is 16.7. The maximum atomic E-state index is 11.3. The number of fused-ring (bicyclic) bond motifs is 4. The largest absolute Gasteiger partial charge is 0.491 e. The van der Waals surface area contributed by atoms with Crippen molar-refractivity contribution >= 4 is 5.97 Å². The van der Waals surface area contributed by atoms with Crippen LogP contribution in [0.1, 0.15) is 53.5 Å². The maximum absolute atomic E-state index is 11.3. The van der Waals surface area contributed by atoms with Crippen molar-refractivity contribution in [3.8, 4) is 22.6 Å². The molecule has 0 radical (unpaired) electrons. The highest BCUT2D eigenvalue weighted by Crippen LogP contribution is 2.39. The number of ether oxygens (including phenoxy) is 5. The minimum atomic E-state index is -0.633. The predicted octanol–water partition coefficient (Wildman–Crippen LogP) is 5.85. The lowest BCUT2D eigenvalue weighted by atomic mass is 9.82. The number of hydrogen-bond donors (Lipinski definition) is 0. The van der Waals surface area contributed by atoms with Gasteiger partial charge in [-0.15, -0.1) is 0 Å². The Labute approximate surface area is 212 Å². The van der Waals surface area contributed by atoms with Gasteiger partial charge in [-0.2, -0.15) is 0 Å². The highest BCUT2D eigenvalue weighted by molar-refractivity contribution is 5.77. The predicted molar refractivity (Wildman–Crippen MR) is 136 cm³/mol. The Morgan fingerprint density at radius 1 is 0.944 bits per heavy atom. The third-order valence-corrected chi connectivity index (χ3v) is 6.64. The fraction of sp³-hybridized carbons (Fsp3) is 0.367. The molecule has 0 fully saturated rings. The van der Waals surface area contributed by atoms with Crippen molar-refractivity contribution < 1.29 is 28.5 Å². The van der Waals surface area contributed by atoms with Crippen LogP contribution in [0.3, 0.4) is 0 Å². The van der Waals surface area contributed by atoms with Gasteiger partial charge in [0.05, 0.1) is 13.2 Å². The first-order valence-electron chi connectivity index (χ1n) is 12.5. The van der Waals surface area contributed by atoms with Crippen LogP contribution in [0.25, 0.3) is 11.1 Å². The lowest BCUT2D eigenvalue weighted by Crippen LogP contribution is -2.10. The Morgan fingerprint density at radius 2 is 1.78 bits per heavy atom. The van der Waals surface area contributed by atoms with E-state index in [4.69, 9.17) is 23.7 Å². The average Bonchev–Trinajstić information content (AvgIpc) is 3.26. The zero-order chi connectivity index (χ0) is 25.1. The Bertz CT molecular complexity index is 1260. The van der Waals surface area contributed by atoms with E-state index in [9.17, 15) is 4.79 Å². The zero-order valence-electron chi connectivity index (χ0n) is 21.1. The fourth-order valence-corrected chi connectivity index (χ4v) is 4.98. The van der Waals surface area contributed by atoms with Crippen molar-refractivity contribution in [2.45, 2.75) is 53.1 Å². The molecule has 1 aliphatic carbocycles. The Morgan fingerprint density at radius 3 is 2.61 bits per heavy atom. The molecule has 5 rings (SSSR count). The first kappa shape index (κ1) is 24.3. The molecule has 0 aromatic heterocycles. The zero-order valence-corrected chi connectivity index (χ0v) is 21.1. The quantitative estimate of drug-likeness (QED) is 0.278. The van der Waals surface area contributed by atoms with Gasteiger partial charge in [0.25, 0.3) is 0 Å². The van der Waals surface area contributed by atoms with Gasteiger partial charge in [-0.3, -0.25) is 4.79 Å². The normalized spacial score (nSPS) is 15.6. The van der Waals surface area contributed by atoms with Crippen LogP contribution < -0.4 is 9.47 Å². The lowest BCUT2D eigenvalue weighted by molar-refractivity contribution is -0.175. The summed E-state index contributed by atoms with van der Waals surface area (Å²) in [6.45, 7) is 8.25. The highest BCUT2D eigenvalue weighted by Gasteiger charge is 2.26. The first-order chi connectivity index (χ1) is 17.5. The number of hydrogen-bond acceptors (Lipinski definition) is 6. The molecule has 6 nitrogen and oxygen atoms in total. The lowest BCUT2D eigenvalue weighted by Gasteiger charge is -2.24. The first-order valence-corrected chi connectivity index (χ1v) is 12.5. The van der Waals surface area contributed by atoms with Crippen LogP contribution in [0.2, 0.25) is 0 Å². The Hall–Kier alpha value is -3.35. The van der Waals surface area contributed by atoms with Gasteiger partial charge in [0.2, 0.25) is 6.29 Å². The molecule has 6 heteroatoms. The summed E-state index contributed by atoms with van der Waals surface area (Å²) in [6.07, 6.45) is 1.39. The van der Waals surface area contributed by atoms with Gasteiger partial charge in [-0.25, -0.2) is 0 Å². The molecule has 3 aromatic carbocycles. The summed E-state index contributed by atoms with van der Waals surface area (Å²) in [4.78, 5) is 11.3. The number of aryl methyl sites for hydroxylation is 3. The third-order valence-electron chi connectivity index (χ3n) is 6.64. The van der Waals surface area contributed by atoms with Crippen LogP contribution in [0.15, 0.2) is 48.5 Å². The summed E-state index contributed by atoms with van der Waals surface area (Å²) >= 11 is 0. The van der Waals surface area contributed by atoms with Gasteiger partial charge in [0.1, 0.15) is 24.7 Å². The van der Waals surface area contributed by atoms with Crippen LogP contribution in [0, 0.1) is 6.92 Å². The van der Waals surface area contributed by atoms with Crippen LogP contribution in [-0.2, 0) is 45.1 Å². The third kappa shape index (κ3) is 5.25. The van der Waals surface area contributed by atoms with Gasteiger partial charge >= 0.3 is 5.97 Å². The second-order valence-electron chi connectivity index (χ2n) is 9.21. The molecule has 0 bridgehead atoms. The molecule has 0 N–H and O–H groups in total. The van der Waals surface area contributed by atoms with Crippen molar-refractivity contribution in [2.24, 2.45) is 0 Å². The minimum absolute atomic E-state index is 0.359. The Kier molecular flexibility index (Phi) is 7.25. The van der Waals surface area contributed by atoms with E-state index >= 15 is 0 Å². The van der Waals surface area contributed by atoms with Crippen LogP contribution in [-0.4, -0.2) is 25.8 Å². The van der Waals surface area contributed by atoms with Crippen LogP contribution in [0.5, 0.6) is 11.5 Å². The molecular formula is C30H32O6. The molecule has 0 saturated heterocycles. The molecule has 0 unspecified atom stereocenters. The summed E-state index contributed by atoms with van der Waals surface area (Å²) in [5.41, 5.74) is 9.47. The number of esters is 1. The summed E-state index contributed by atoms with van der Waals surface area (Å²) in [6, 6.07) is 16.7. The smallest absolute Gasteiger partial charge is 0.305 e. The molecule has 0 spiro atoms. The van der Waals surface area contributed by atoms with E-state index in [1.807, 2.05) is 25.1 Å². The van der Waals surface area contributed by atoms with E-state index in [0.717, 1.165) is 41.0 Å². The molecule has 1 heterocycles. The van der Waals surface area contributed by atoms with Crippen LogP contribution in [0.4, 0.5) is 0 Å².